The topological polar surface area (TPSA) is 80.3 Å². The second-order valence-corrected chi connectivity index (χ2v) is 7.45. The van der Waals surface area contributed by atoms with E-state index in [1.807, 2.05) is 0 Å². The van der Waals surface area contributed by atoms with Crippen LogP contribution in [0.1, 0.15) is 16.1 Å². The molecule has 28 heavy (non-hydrogen) atoms. The van der Waals surface area contributed by atoms with Crippen molar-refractivity contribution < 1.29 is 18.7 Å². The van der Waals surface area contributed by atoms with Crippen molar-refractivity contribution in [1.82, 2.24) is 4.98 Å². The highest BCUT2D eigenvalue weighted by Crippen LogP contribution is 2.21. The number of methoxy groups -OCH3 is 1. The molecule has 9 heteroatoms. The van der Waals surface area contributed by atoms with Gasteiger partial charge in [-0.05, 0) is 42.5 Å². The maximum Gasteiger partial charge on any atom is 0.257 e. The molecule has 6 nitrogen and oxygen atoms in total. The normalized spacial score (nSPS) is 10.4. The first-order chi connectivity index (χ1) is 13.4. The summed E-state index contributed by atoms with van der Waals surface area (Å²) in [6.45, 7) is 0. The van der Waals surface area contributed by atoms with E-state index in [4.69, 9.17) is 4.74 Å². The lowest BCUT2D eigenvalue weighted by molar-refractivity contribution is -0.115. The number of nitrogens with zero attached hydrogens (tertiary/aromatic N) is 1. The van der Waals surface area contributed by atoms with E-state index in [0.717, 1.165) is 0 Å². The Morgan fingerprint density at radius 1 is 1.18 bits per heavy atom. The highest BCUT2D eigenvalue weighted by molar-refractivity contribution is 9.10. The molecule has 0 unspecified atom stereocenters. The number of carbonyl (C=O) groups excluding carboxylic acids is 2. The first kappa shape index (κ1) is 20.0. The van der Waals surface area contributed by atoms with Crippen LogP contribution in [-0.2, 0) is 11.2 Å². The lowest BCUT2D eigenvalue weighted by atomic mass is 10.2. The van der Waals surface area contributed by atoms with Gasteiger partial charge in [0, 0.05) is 15.4 Å². The van der Waals surface area contributed by atoms with E-state index < -0.39 is 11.7 Å². The fraction of sp³-hybridized carbons (Fsp3) is 0.105. The number of rotatable bonds is 6. The lowest BCUT2D eigenvalue weighted by Crippen LogP contribution is -2.16. The molecule has 2 aromatic carbocycles. The number of benzene rings is 2. The van der Waals surface area contributed by atoms with Gasteiger partial charge in [0.1, 0.15) is 11.6 Å². The van der Waals surface area contributed by atoms with Gasteiger partial charge in [-0.1, -0.05) is 15.9 Å². The number of halogens is 2. The molecule has 1 heterocycles. The van der Waals surface area contributed by atoms with Crippen molar-refractivity contribution in [2.45, 2.75) is 6.42 Å². The molecule has 0 spiro atoms. The van der Waals surface area contributed by atoms with Gasteiger partial charge in [0.2, 0.25) is 5.91 Å². The summed E-state index contributed by atoms with van der Waals surface area (Å²) >= 11 is 4.37. The molecule has 1 aromatic heterocycles. The predicted molar refractivity (Wildman–Crippen MR) is 109 cm³/mol. The average molecular weight is 464 g/mol. The minimum absolute atomic E-state index is 0.0373. The summed E-state index contributed by atoms with van der Waals surface area (Å²) in [6.07, 6.45) is -0.0373. The van der Waals surface area contributed by atoms with Crippen molar-refractivity contribution >= 4 is 49.9 Å². The molecule has 0 saturated heterocycles. The SMILES string of the molecule is COc1ccc(C(=O)Nc2nc(CC(=O)Nc3ccc(Br)cc3F)cs2)cc1. The number of thiazole rings is 1. The summed E-state index contributed by atoms with van der Waals surface area (Å²) in [5.74, 6) is -0.598. The van der Waals surface area contributed by atoms with Gasteiger partial charge in [-0.3, -0.25) is 14.9 Å². The molecule has 0 saturated carbocycles. The highest BCUT2D eigenvalue weighted by Gasteiger charge is 2.13. The van der Waals surface area contributed by atoms with Crippen molar-refractivity contribution in [3.05, 3.63) is 69.4 Å². The molecular weight excluding hydrogens is 449 g/mol. The summed E-state index contributed by atoms with van der Waals surface area (Å²) in [7, 11) is 1.55. The van der Waals surface area contributed by atoms with Crippen molar-refractivity contribution in [2.24, 2.45) is 0 Å². The molecule has 2 amide bonds. The Hall–Kier alpha value is -2.78. The molecule has 144 valence electrons. The Balaban J connectivity index is 1.58. The van der Waals surface area contributed by atoms with Gasteiger partial charge in [-0.2, -0.15) is 0 Å². The Morgan fingerprint density at radius 3 is 2.61 bits per heavy atom. The highest BCUT2D eigenvalue weighted by atomic mass is 79.9. The van der Waals surface area contributed by atoms with Crippen molar-refractivity contribution in [3.63, 3.8) is 0 Å². The van der Waals surface area contributed by atoms with Crippen molar-refractivity contribution in [2.75, 3.05) is 17.7 Å². The van der Waals surface area contributed by atoms with E-state index in [2.05, 4.69) is 31.5 Å². The molecule has 0 bridgehead atoms. The third-order valence-corrected chi connectivity index (χ3v) is 4.97. The third-order valence-electron chi connectivity index (χ3n) is 3.67. The predicted octanol–water partition coefficient (Wildman–Crippen LogP) is 4.49. The molecule has 3 rings (SSSR count). The third kappa shape index (κ3) is 5.14. The van der Waals surface area contributed by atoms with Crippen LogP contribution < -0.4 is 15.4 Å². The quantitative estimate of drug-likeness (QED) is 0.564. The Morgan fingerprint density at radius 2 is 1.93 bits per heavy atom. The zero-order valence-electron chi connectivity index (χ0n) is 14.7. The minimum atomic E-state index is -0.534. The van der Waals surface area contributed by atoms with E-state index >= 15 is 0 Å². The van der Waals surface area contributed by atoms with Crippen molar-refractivity contribution in [1.29, 1.82) is 0 Å². The lowest BCUT2D eigenvalue weighted by Gasteiger charge is -2.05. The average Bonchev–Trinajstić information content (AvgIpc) is 3.10. The van der Waals surface area contributed by atoms with Gasteiger partial charge < -0.3 is 10.1 Å². The molecule has 0 fully saturated rings. The van der Waals surface area contributed by atoms with Crippen molar-refractivity contribution in [3.8, 4) is 5.75 Å². The number of carbonyl (C=O) groups is 2. The number of hydrogen-bond donors (Lipinski definition) is 2. The largest absolute Gasteiger partial charge is 0.497 e. The molecule has 0 radical (unpaired) electrons. The number of anilines is 2. The second-order valence-electron chi connectivity index (χ2n) is 5.68. The number of aromatic nitrogens is 1. The number of nitrogens with one attached hydrogen (secondary N) is 2. The zero-order chi connectivity index (χ0) is 20.1. The summed E-state index contributed by atoms with van der Waals surface area (Å²) < 4.78 is 19.4. The summed E-state index contributed by atoms with van der Waals surface area (Å²) in [6, 6.07) is 11.0. The molecule has 0 aliphatic rings. The van der Waals surface area contributed by atoms with Crippen LogP contribution in [0.25, 0.3) is 0 Å². The molecule has 0 atom stereocenters. The van der Waals surface area contributed by atoms with Gasteiger partial charge in [0.05, 0.1) is 24.9 Å². The van der Waals surface area contributed by atoms with Gasteiger partial charge in [0.25, 0.3) is 5.91 Å². The van der Waals surface area contributed by atoms with Crippen LogP contribution in [0.3, 0.4) is 0 Å². The van der Waals surface area contributed by atoms with E-state index in [0.29, 0.717) is 26.6 Å². The number of hydrogen-bond acceptors (Lipinski definition) is 5. The molecule has 2 N–H and O–H groups in total. The monoisotopic (exact) mass is 463 g/mol. The van der Waals surface area contributed by atoms with Crippen LogP contribution in [0.4, 0.5) is 15.2 Å². The van der Waals surface area contributed by atoms with Gasteiger partial charge in [-0.15, -0.1) is 11.3 Å². The van der Waals surface area contributed by atoms with Gasteiger partial charge in [0.15, 0.2) is 5.13 Å². The van der Waals surface area contributed by atoms with E-state index in [9.17, 15) is 14.0 Å². The Labute approximate surface area is 172 Å². The summed E-state index contributed by atoms with van der Waals surface area (Å²) in [5, 5.41) is 7.23. The zero-order valence-corrected chi connectivity index (χ0v) is 17.1. The first-order valence-corrected chi connectivity index (χ1v) is 9.76. The summed E-state index contributed by atoms with van der Waals surface area (Å²) in [4.78, 5) is 28.6. The Kier molecular flexibility index (Phi) is 6.37. The summed E-state index contributed by atoms with van der Waals surface area (Å²) in [5.41, 5.74) is 1.03. The van der Waals surface area contributed by atoms with E-state index in [1.54, 1.807) is 42.8 Å². The molecular formula is C19H15BrFN3O3S. The van der Waals surface area contributed by atoms with E-state index in [1.165, 1.54) is 23.5 Å². The smallest absolute Gasteiger partial charge is 0.257 e. The first-order valence-electron chi connectivity index (χ1n) is 8.09. The maximum absolute atomic E-state index is 13.8. The van der Waals surface area contributed by atoms with Crippen LogP contribution in [0.15, 0.2) is 52.3 Å². The van der Waals surface area contributed by atoms with E-state index in [-0.39, 0.29) is 18.0 Å². The Bertz CT molecular complexity index is 1010. The minimum Gasteiger partial charge on any atom is -0.497 e. The molecule has 0 aliphatic heterocycles. The molecule has 3 aromatic rings. The van der Waals surface area contributed by atoms with Crippen LogP contribution in [0, 0.1) is 5.82 Å². The fourth-order valence-corrected chi connectivity index (χ4v) is 3.35. The van der Waals surface area contributed by atoms with Crippen LogP contribution in [-0.4, -0.2) is 23.9 Å². The van der Waals surface area contributed by atoms with Gasteiger partial charge in [-0.25, -0.2) is 9.37 Å². The number of ether oxygens (including phenoxy) is 1. The fourth-order valence-electron chi connectivity index (χ4n) is 2.31. The second kappa shape index (κ2) is 8.94. The maximum atomic E-state index is 13.8. The van der Waals surface area contributed by atoms with Gasteiger partial charge >= 0.3 is 0 Å². The standard InChI is InChI=1S/C19H15BrFN3O3S/c1-27-14-5-2-11(3-6-14)18(26)24-19-22-13(10-28-19)9-17(25)23-16-7-4-12(20)8-15(16)21/h2-8,10H,9H2,1H3,(H,23,25)(H,22,24,26). The number of amides is 2. The van der Waals surface area contributed by atoms with Crippen LogP contribution in [0.5, 0.6) is 5.75 Å². The van der Waals surface area contributed by atoms with Crippen LogP contribution >= 0.6 is 27.3 Å². The van der Waals surface area contributed by atoms with Crippen LogP contribution in [0.2, 0.25) is 0 Å². The molecule has 0 aliphatic carbocycles.